The summed E-state index contributed by atoms with van der Waals surface area (Å²) >= 11 is 0. The van der Waals surface area contributed by atoms with Crippen LogP contribution >= 0.6 is 0 Å². The first-order valence-corrected chi connectivity index (χ1v) is 6.60. The van der Waals surface area contributed by atoms with E-state index in [1.54, 1.807) is 19.1 Å². The number of hydrogen-bond acceptors (Lipinski definition) is 4. The van der Waals surface area contributed by atoms with E-state index >= 15 is 0 Å². The van der Waals surface area contributed by atoms with E-state index < -0.39 is 0 Å². The van der Waals surface area contributed by atoms with Crippen molar-refractivity contribution in [1.82, 2.24) is 10.1 Å². The van der Waals surface area contributed by atoms with Crippen molar-refractivity contribution in [1.29, 1.82) is 0 Å². The summed E-state index contributed by atoms with van der Waals surface area (Å²) in [6.45, 7) is 2.37. The maximum absolute atomic E-state index is 12.9. The largest absolute Gasteiger partial charge is 0.380 e. The lowest BCUT2D eigenvalue weighted by molar-refractivity contribution is 0.426. The second-order valence-electron chi connectivity index (χ2n) is 4.67. The first-order chi connectivity index (χ1) is 10.2. The van der Waals surface area contributed by atoms with E-state index in [4.69, 9.17) is 4.52 Å². The van der Waals surface area contributed by atoms with Crippen molar-refractivity contribution in [3.05, 3.63) is 65.7 Å². The van der Waals surface area contributed by atoms with Crippen LogP contribution in [0.25, 0.3) is 11.5 Å². The van der Waals surface area contributed by atoms with Gasteiger partial charge < -0.3 is 9.84 Å². The molecule has 0 aliphatic rings. The summed E-state index contributed by atoms with van der Waals surface area (Å²) in [6, 6.07) is 14.1. The van der Waals surface area contributed by atoms with Crippen molar-refractivity contribution in [3.8, 4) is 11.5 Å². The van der Waals surface area contributed by atoms with Crippen LogP contribution in [0.4, 0.5) is 10.1 Å². The van der Waals surface area contributed by atoms with Gasteiger partial charge in [-0.2, -0.15) is 4.98 Å². The van der Waals surface area contributed by atoms with Crippen molar-refractivity contribution in [2.75, 3.05) is 5.32 Å². The van der Waals surface area contributed by atoms with Crippen LogP contribution < -0.4 is 5.32 Å². The van der Waals surface area contributed by atoms with E-state index in [1.807, 2.05) is 24.3 Å². The Morgan fingerprint density at radius 1 is 1.10 bits per heavy atom. The molecule has 3 aromatic rings. The predicted molar refractivity (Wildman–Crippen MR) is 78.2 cm³/mol. The minimum absolute atomic E-state index is 0.236. The van der Waals surface area contributed by atoms with Gasteiger partial charge in [0.05, 0.1) is 5.56 Å². The summed E-state index contributed by atoms with van der Waals surface area (Å²) in [5.74, 6) is 0.841. The van der Waals surface area contributed by atoms with Gasteiger partial charge in [0.25, 0.3) is 5.89 Å². The summed E-state index contributed by atoms with van der Waals surface area (Å²) in [4.78, 5) is 4.24. The van der Waals surface area contributed by atoms with Crippen LogP contribution in [0, 0.1) is 12.7 Å². The van der Waals surface area contributed by atoms with E-state index in [0.717, 1.165) is 16.8 Å². The Bertz CT molecular complexity index is 737. The molecule has 0 fully saturated rings. The molecule has 106 valence electrons. The first kappa shape index (κ1) is 13.3. The van der Waals surface area contributed by atoms with Crippen molar-refractivity contribution in [3.63, 3.8) is 0 Å². The van der Waals surface area contributed by atoms with Crippen LogP contribution in [0.3, 0.4) is 0 Å². The van der Waals surface area contributed by atoms with Gasteiger partial charge in [0, 0.05) is 12.2 Å². The zero-order chi connectivity index (χ0) is 14.7. The number of anilines is 1. The number of nitrogens with one attached hydrogen (secondary N) is 1. The number of halogens is 1. The summed E-state index contributed by atoms with van der Waals surface area (Å²) in [5.41, 5.74) is 2.73. The standard InChI is InChI=1S/C16H14FN3O/c1-11-19-16(21-20-11)14-4-2-3-5-15(14)18-10-12-6-8-13(17)9-7-12/h2-9,18H,10H2,1H3. The van der Waals surface area contributed by atoms with Gasteiger partial charge in [0.2, 0.25) is 0 Å². The lowest BCUT2D eigenvalue weighted by Gasteiger charge is -2.09. The highest BCUT2D eigenvalue weighted by Gasteiger charge is 2.10. The van der Waals surface area contributed by atoms with E-state index in [1.165, 1.54) is 12.1 Å². The Morgan fingerprint density at radius 2 is 1.86 bits per heavy atom. The third-order valence-electron chi connectivity index (χ3n) is 3.08. The number of hydrogen-bond donors (Lipinski definition) is 1. The van der Waals surface area contributed by atoms with Crippen LogP contribution in [0.2, 0.25) is 0 Å². The molecule has 1 heterocycles. The lowest BCUT2D eigenvalue weighted by Crippen LogP contribution is -2.01. The minimum Gasteiger partial charge on any atom is -0.380 e. The quantitative estimate of drug-likeness (QED) is 0.791. The molecule has 0 aliphatic heterocycles. The predicted octanol–water partition coefficient (Wildman–Crippen LogP) is 3.80. The van der Waals surface area contributed by atoms with E-state index in [-0.39, 0.29) is 5.82 Å². The van der Waals surface area contributed by atoms with Gasteiger partial charge in [-0.1, -0.05) is 29.4 Å². The monoisotopic (exact) mass is 283 g/mol. The van der Waals surface area contributed by atoms with Gasteiger partial charge in [-0.3, -0.25) is 0 Å². The Labute approximate surface area is 121 Å². The summed E-state index contributed by atoms with van der Waals surface area (Å²) < 4.78 is 18.1. The molecule has 1 N–H and O–H groups in total. The average molecular weight is 283 g/mol. The third-order valence-corrected chi connectivity index (χ3v) is 3.08. The van der Waals surface area contributed by atoms with Gasteiger partial charge in [-0.25, -0.2) is 4.39 Å². The SMILES string of the molecule is Cc1noc(-c2ccccc2NCc2ccc(F)cc2)n1. The molecule has 0 saturated carbocycles. The smallest absolute Gasteiger partial charge is 0.260 e. The molecule has 0 unspecified atom stereocenters. The van der Waals surface area contributed by atoms with Gasteiger partial charge in [0.15, 0.2) is 5.82 Å². The van der Waals surface area contributed by atoms with Gasteiger partial charge >= 0.3 is 0 Å². The normalized spacial score (nSPS) is 10.6. The van der Waals surface area contributed by atoms with E-state index in [9.17, 15) is 4.39 Å². The zero-order valence-electron chi connectivity index (χ0n) is 11.5. The van der Waals surface area contributed by atoms with Crippen molar-refractivity contribution in [2.24, 2.45) is 0 Å². The van der Waals surface area contributed by atoms with Crippen LogP contribution in [-0.4, -0.2) is 10.1 Å². The maximum atomic E-state index is 12.9. The molecule has 3 rings (SSSR count). The molecular weight excluding hydrogens is 269 g/mol. The minimum atomic E-state index is -0.236. The molecule has 0 saturated heterocycles. The number of aryl methyl sites for hydroxylation is 1. The van der Waals surface area contributed by atoms with Gasteiger partial charge in [0.1, 0.15) is 5.82 Å². The molecule has 2 aromatic carbocycles. The number of aromatic nitrogens is 2. The second-order valence-corrected chi connectivity index (χ2v) is 4.67. The Balaban J connectivity index is 1.81. The fourth-order valence-corrected chi connectivity index (χ4v) is 2.03. The number of benzene rings is 2. The number of para-hydroxylation sites is 1. The summed E-state index contributed by atoms with van der Waals surface area (Å²) in [5, 5.41) is 7.11. The number of nitrogens with zero attached hydrogens (tertiary/aromatic N) is 2. The highest BCUT2D eigenvalue weighted by atomic mass is 19.1. The van der Waals surface area contributed by atoms with Gasteiger partial charge in [-0.15, -0.1) is 0 Å². The summed E-state index contributed by atoms with van der Waals surface area (Å²) in [6.07, 6.45) is 0. The second kappa shape index (κ2) is 5.75. The molecule has 0 aliphatic carbocycles. The Kier molecular flexibility index (Phi) is 3.64. The molecule has 5 heteroatoms. The Hall–Kier alpha value is -2.69. The molecule has 0 bridgehead atoms. The molecule has 0 radical (unpaired) electrons. The molecule has 21 heavy (non-hydrogen) atoms. The zero-order valence-corrected chi connectivity index (χ0v) is 11.5. The molecule has 1 aromatic heterocycles. The molecular formula is C16H14FN3O. The number of rotatable bonds is 4. The maximum Gasteiger partial charge on any atom is 0.260 e. The molecule has 0 atom stereocenters. The van der Waals surface area contributed by atoms with Crippen LogP contribution in [0.15, 0.2) is 53.1 Å². The highest BCUT2D eigenvalue weighted by Crippen LogP contribution is 2.26. The first-order valence-electron chi connectivity index (χ1n) is 6.60. The molecule has 0 amide bonds. The average Bonchev–Trinajstić information content (AvgIpc) is 2.93. The van der Waals surface area contributed by atoms with Crippen molar-refractivity contribution in [2.45, 2.75) is 13.5 Å². The third kappa shape index (κ3) is 3.08. The fraction of sp³-hybridized carbons (Fsp3) is 0.125. The van der Waals surface area contributed by atoms with Gasteiger partial charge in [-0.05, 0) is 36.8 Å². The topological polar surface area (TPSA) is 51.0 Å². The molecule has 0 spiro atoms. The molecule has 4 nitrogen and oxygen atoms in total. The fourth-order valence-electron chi connectivity index (χ4n) is 2.03. The van der Waals surface area contributed by atoms with Crippen LogP contribution in [-0.2, 0) is 6.54 Å². The van der Waals surface area contributed by atoms with Crippen molar-refractivity contribution < 1.29 is 8.91 Å². The van der Waals surface area contributed by atoms with Crippen molar-refractivity contribution >= 4 is 5.69 Å². The van der Waals surface area contributed by atoms with E-state index in [2.05, 4.69) is 15.5 Å². The lowest BCUT2D eigenvalue weighted by atomic mass is 10.1. The highest BCUT2D eigenvalue weighted by molar-refractivity contribution is 5.72. The van der Waals surface area contributed by atoms with Crippen LogP contribution in [0.5, 0.6) is 0 Å². The van der Waals surface area contributed by atoms with Crippen LogP contribution in [0.1, 0.15) is 11.4 Å². The Morgan fingerprint density at radius 3 is 2.57 bits per heavy atom. The summed E-state index contributed by atoms with van der Waals surface area (Å²) in [7, 11) is 0. The van der Waals surface area contributed by atoms with E-state index in [0.29, 0.717) is 18.3 Å².